The first-order chi connectivity index (χ1) is 7.25. The molecule has 0 unspecified atom stereocenters. The van der Waals surface area contributed by atoms with Crippen molar-refractivity contribution in [3.05, 3.63) is 29.8 Å². The molecular weight excluding hydrogens is 192 g/mol. The Morgan fingerprint density at radius 1 is 1.47 bits per heavy atom. The molecule has 0 aliphatic rings. The average Bonchev–Trinajstić information content (AvgIpc) is 2.25. The van der Waals surface area contributed by atoms with Crippen molar-refractivity contribution in [2.45, 2.75) is 6.92 Å². The molecule has 0 heterocycles. The Morgan fingerprint density at radius 3 is 2.87 bits per heavy atom. The number of para-hydroxylation sites is 1. The number of ether oxygens (including phenoxy) is 1. The monoisotopic (exact) mass is 208 g/mol. The standard InChI is InChI=1S/C11H16N2O2/c1-2-13-7-8-15-10-6-4-3-5-9(10)11(12)14/h3-6,13H,2,7-8H2,1H3,(H2,12,14). The van der Waals surface area contributed by atoms with Gasteiger partial charge in [0.15, 0.2) is 0 Å². The number of carbonyl (C=O) groups excluding carboxylic acids is 1. The van der Waals surface area contributed by atoms with E-state index in [4.69, 9.17) is 10.5 Å². The van der Waals surface area contributed by atoms with Gasteiger partial charge in [-0.3, -0.25) is 4.79 Å². The summed E-state index contributed by atoms with van der Waals surface area (Å²) in [5.41, 5.74) is 5.64. The number of hydrogen-bond acceptors (Lipinski definition) is 3. The van der Waals surface area contributed by atoms with Crippen LogP contribution in [0.1, 0.15) is 17.3 Å². The normalized spacial score (nSPS) is 9.93. The van der Waals surface area contributed by atoms with E-state index in [2.05, 4.69) is 5.32 Å². The number of primary amides is 1. The zero-order valence-electron chi connectivity index (χ0n) is 8.82. The second-order valence-electron chi connectivity index (χ2n) is 3.06. The highest BCUT2D eigenvalue weighted by Crippen LogP contribution is 2.16. The molecule has 1 aromatic carbocycles. The van der Waals surface area contributed by atoms with Gasteiger partial charge in [0.1, 0.15) is 12.4 Å². The van der Waals surface area contributed by atoms with Crippen molar-refractivity contribution in [1.82, 2.24) is 5.32 Å². The highest BCUT2D eigenvalue weighted by Gasteiger charge is 2.07. The molecule has 1 rings (SSSR count). The van der Waals surface area contributed by atoms with E-state index in [-0.39, 0.29) is 0 Å². The van der Waals surface area contributed by atoms with Gasteiger partial charge in [0.2, 0.25) is 0 Å². The van der Waals surface area contributed by atoms with Gasteiger partial charge in [-0.15, -0.1) is 0 Å². The van der Waals surface area contributed by atoms with Gasteiger partial charge in [0.05, 0.1) is 5.56 Å². The summed E-state index contributed by atoms with van der Waals surface area (Å²) < 4.78 is 5.44. The topological polar surface area (TPSA) is 64.3 Å². The van der Waals surface area contributed by atoms with Crippen molar-refractivity contribution >= 4 is 5.91 Å². The van der Waals surface area contributed by atoms with Crippen LogP contribution in [0.15, 0.2) is 24.3 Å². The zero-order chi connectivity index (χ0) is 11.1. The lowest BCUT2D eigenvalue weighted by Crippen LogP contribution is -2.21. The second-order valence-corrected chi connectivity index (χ2v) is 3.06. The van der Waals surface area contributed by atoms with Gasteiger partial charge in [-0.2, -0.15) is 0 Å². The minimum atomic E-state index is -0.464. The zero-order valence-corrected chi connectivity index (χ0v) is 8.82. The summed E-state index contributed by atoms with van der Waals surface area (Å²) in [6, 6.07) is 6.98. The van der Waals surface area contributed by atoms with Crippen molar-refractivity contribution in [3.63, 3.8) is 0 Å². The lowest BCUT2D eigenvalue weighted by molar-refractivity contribution is 0.0996. The van der Waals surface area contributed by atoms with Crippen LogP contribution in [0.3, 0.4) is 0 Å². The molecule has 15 heavy (non-hydrogen) atoms. The fourth-order valence-electron chi connectivity index (χ4n) is 1.21. The lowest BCUT2D eigenvalue weighted by atomic mass is 10.2. The van der Waals surface area contributed by atoms with E-state index < -0.39 is 5.91 Å². The Hall–Kier alpha value is -1.55. The predicted molar refractivity (Wildman–Crippen MR) is 59.0 cm³/mol. The van der Waals surface area contributed by atoms with Crippen LogP contribution in [0.5, 0.6) is 5.75 Å². The Bertz CT molecular complexity index is 326. The summed E-state index contributed by atoms with van der Waals surface area (Å²) >= 11 is 0. The first kappa shape index (κ1) is 11.5. The third-order valence-corrected chi connectivity index (χ3v) is 1.94. The molecule has 4 heteroatoms. The number of likely N-dealkylation sites (N-methyl/N-ethyl adjacent to an activating group) is 1. The molecule has 0 aliphatic carbocycles. The predicted octanol–water partition coefficient (Wildman–Crippen LogP) is 0.774. The van der Waals surface area contributed by atoms with Crippen LogP contribution in [0, 0.1) is 0 Å². The van der Waals surface area contributed by atoms with Crippen molar-refractivity contribution < 1.29 is 9.53 Å². The minimum Gasteiger partial charge on any atom is -0.491 e. The number of nitrogens with one attached hydrogen (secondary N) is 1. The summed E-state index contributed by atoms with van der Waals surface area (Å²) in [6.07, 6.45) is 0. The van der Waals surface area contributed by atoms with Crippen LogP contribution >= 0.6 is 0 Å². The minimum absolute atomic E-state index is 0.425. The first-order valence-corrected chi connectivity index (χ1v) is 4.98. The third-order valence-electron chi connectivity index (χ3n) is 1.94. The Balaban J connectivity index is 2.56. The molecule has 4 nitrogen and oxygen atoms in total. The van der Waals surface area contributed by atoms with Crippen LogP contribution in [-0.2, 0) is 0 Å². The van der Waals surface area contributed by atoms with Crippen molar-refractivity contribution in [2.75, 3.05) is 19.7 Å². The number of rotatable bonds is 6. The van der Waals surface area contributed by atoms with Crippen LogP contribution in [-0.4, -0.2) is 25.6 Å². The fourth-order valence-corrected chi connectivity index (χ4v) is 1.21. The van der Waals surface area contributed by atoms with E-state index in [0.29, 0.717) is 17.9 Å². The van der Waals surface area contributed by atoms with Gasteiger partial charge in [-0.05, 0) is 18.7 Å². The van der Waals surface area contributed by atoms with Crippen molar-refractivity contribution in [1.29, 1.82) is 0 Å². The van der Waals surface area contributed by atoms with Gasteiger partial charge in [0.25, 0.3) is 5.91 Å². The molecular formula is C11H16N2O2. The van der Waals surface area contributed by atoms with Crippen LogP contribution < -0.4 is 15.8 Å². The molecule has 0 saturated carbocycles. The molecule has 0 aromatic heterocycles. The van der Waals surface area contributed by atoms with Crippen LogP contribution in [0.4, 0.5) is 0 Å². The second kappa shape index (κ2) is 6.03. The quantitative estimate of drug-likeness (QED) is 0.679. The maximum absolute atomic E-state index is 11.0. The van der Waals surface area contributed by atoms with Crippen LogP contribution in [0.25, 0.3) is 0 Å². The van der Waals surface area contributed by atoms with Crippen LogP contribution in [0.2, 0.25) is 0 Å². The van der Waals surface area contributed by atoms with E-state index >= 15 is 0 Å². The van der Waals surface area contributed by atoms with E-state index in [0.717, 1.165) is 13.1 Å². The summed E-state index contributed by atoms with van der Waals surface area (Å²) in [5, 5.41) is 3.13. The SMILES string of the molecule is CCNCCOc1ccccc1C(N)=O. The molecule has 0 atom stereocenters. The summed E-state index contributed by atoms with van der Waals surface area (Å²) in [6.45, 7) is 4.21. The van der Waals surface area contributed by atoms with Crippen molar-refractivity contribution in [3.8, 4) is 5.75 Å². The molecule has 0 fully saturated rings. The molecule has 0 aliphatic heterocycles. The molecule has 1 amide bonds. The maximum Gasteiger partial charge on any atom is 0.252 e. The molecule has 0 saturated heterocycles. The summed E-state index contributed by atoms with van der Waals surface area (Å²) in [4.78, 5) is 11.0. The van der Waals surface area contributed by atoms with Gasteiger partial charge < -0.3 is 15.8 Å². The molecule has 0 bridgehead atoms. The van der Waals surface area contributed by atoms with Gasteiger partial charge >= 0.3 is 0 Å². The van der Waals surface area contributed by atoms with E-state index in [1.807, 2.05) is 13.0 Å². The Morgan fingerprint density at radius 2 is 2.20 bits per heavy atom. The Labute approximate surface area is 89.4 Å². The van der Waals surface area contributed by atoms with Gasteiger partial charge in [0, 0.05) is 6.54 Å². The third kappa shape index (κ3) is 3.59. The molecule has 0 radical (unpaired) electrons. The summed E-state index contributed by atoms with van der Waals surface area (Å²) in [7, 11) is 0. The number of nitrogens with two attached hydrogens (primary N) is 1. The summed E-state index contributed by atoms with van der Waals surface area (Å²) in [5.74, 6) is 0.0805. The molecule has 0 spiro atoms. The Kier molecular flexibility index (Phi) is 4.63. The number of benzene rings is 1. The molecule has 1 aromatic rings. The van der Waals surface area contributed by atoms with E-state index in [1.165, 1.54) is 0 Å². The fraction of sp³-hybridized carbons (Fsp3) is 0.364. The number of amides is 1. The van der Waals surface area contributed by atoms with E-state index in [9.17, 15) is 4.79 Å². The smallest absolute Gasteiger partial charge is 0.252 e. The maximum atomic E-state index is 11.0. The molecule has 3 N–H and O–H groups in total. The first-order valence-electron chi connectivity index (χ1n) is 4.98. The number of hydrogen-bond donors (Lipinski definition) is 2. The van der Waals surface area contributed by atoms with Gasteiger partial charge in [-0.1, -0.05) is 19.1 Å². The van der Waals surface area contributed by atoms with E-state index in [1.54, 1.807) is 18.2 Å². The highest BCUT2D eigenvalue weighted by atomic mass is 16.5. The highest BCUT2D eigenvalue weighted by molar-refractivity contribution is 5.95. The molecule has 82 valence electrons. The number of carbonyl (C=O) groups is 1. The van der Waals surface area contributed by atoms with Crippen molar-refractivity contribution in [2.24, 2.45) is 5.73 Å². The lowest BCUT2D eigenvalue weighted by Gasteiger charge is -2.09. The largest absolute Gasteiger partial charge is 0.491 e. The van der Waals surface area contributed by atoms with Gasteiger partial charge in [-0.25, -0.2) is 0 Å². The average molecular weight is 208 g/mol.